The van der Waals surface area contributed by atoms with Gasteiger partial charge in [-0.25, -0.2) is 9.79 Å². The molecule has 3 aromatic carbocycles. The van der Waals surface area contributed by atoms with Crippen LogP contribution in [0, 0.1) is 6.92 Å². The number of esters is 1. The van der Waals surface area contributed by atoms with Gasteiger partial charge in [0.1, 0.15) is 0 Å². The zero-order valence-corrected chi connectivity index (χ0v) is 22.7. The second kappa shape index (κ2) is 10.2. The number of halogens is 1. The maximum absolute atomic E-state index is 14.0. The minimum absolute atomic E-state index is 0.167. The third-order valence-electron chi connectivity index (χ3n) is 6.61. The summed E-state index contributed by atoms with van der Waals surface area (Å²) in [4.78, 5) is 32.9. The van der Waals surface area contributed by atoms with E-state index in [1.807, 2.05) is 67.6 Å². The van der Waals surface area contributed by atoms with E-state index in [0.29, 0.717) is 37.1 Å². The van der Waals surface area contributed by atoms with Gasteiger partial charge in [0, 0.05) is 10.6 Å². The Labute approximate surface area is 232 Å². The number of ether oxygens (including phenoxy) is 3. The zero-order chi connectivity index (χ0) is 27.1. The average molecular weight is 559 g/mol. The molecule has 0 saturated heterocycles. The number of aryl methyl sites for hydroxylation is 1. The number of hydrogen-bond acceptors (Lipinski definition) is 7. The number of fused-ring (bicyclic) bond motifs is 2. The van der Waals surface area contributed by atoms with Crippen LogP contribution in [-0.2, 0) is 9.53 Å². The van der Waals surface area contributed by atoms with Crippen LogP contribution in [0.4, 0.5) is 0 Å². The van der Waals surface area contributed by atoms with Gasteiger partial charge < -0.3 is 14.2 Å². The fourth-order valence-corrected chi connectivity index (χ4v) is 5.87. The summed E-state index contributed by atoms with van der Waals surface area (Å²) >= 11 is 7.46. The van der Waals surface area contributed by atoms with Crippen LogP contribution in [-0.4, -0.2) is 23.9 Å². The van der Waals surface area contributed by atoms with E-state index in [4.69, 9.17) is 30.8 Å². The highest BCUT2D eigenvalue weighted by Gasteiger charge is 2.35. The second-order valence-electron chi connectivity index (χ2n) is 9.05. The van der Waals surface area contributed by atoms with Crippen molar-refractivity contribution in [2.45, 2.75) is 19.9 Å². The van der Waals surface area contributed by atoms with Crippen LogP contribution in [0.2, 0.25) is 5.02 Å². The Morgan fingerprint density at radius 1 is 1.13 bits per heavy atom. The maximum Gasteiger partial charge on any atom is 0.338 e. The number of benzene rings is 3. The van der Waals surface area contributed by atoms with Crippen molar-refractivity contribution in [1.29, 1.82) is 0 Å². The number of thiazole rings is 1. The van der Waals surface area contributed by atoms with Crippen molar-refractivity contribution >= 4 is 40.7 Å². The molecule has 0 saturated carbocycles. The maximum atomic E-state index is 14.0. The van der Waals surface area contributed by atoms with Crippen LogP contribution in [0.15, 0.2) is 82.1 Å². The van der Waals surface area contributed by atoms with E-state index < -0.39 is 12.0 Å². The molecule has 4 aromatic rings. The molecule has 9 heteroatoms. The van der Waals surface area contributed by atoms with Gasteiger partial charge in [-0.05, 0) is 60.9 Å². The molecule has 0 fully saturated rings. The van der Waals surface area contributed by atoms with Gasteiger partial charge in [0.25, 0.3) is 5.56 Å². The molecule has 0 spiro atoms. The number of aromatic nitrogens is 1. The van der Waals surface area contributed by atoms with Crippen LogP contribution < -0.4 is 24.4 Å². The second-order valence-corrected chi connectivity index (χ2v) is 10.5. The fraction of sp³-hybridized carbons (Fsp3) is 0.167. The Bertz CT molecular complexity index is 1810. The van der Waals surface area contributed by atoms with Crippen LogP contribution in [0.25, 0.3) is 11.8 Å². The molecule has 0 radical (unpaired) electrons. The average Bonchev–Trinajstić information content (AvgIpc) is 3.52. The van der Waals surface area contributed by atoms with Crippen molar-refractivity contribution < 1.29 is 19.0 Å². The summed E-state index contributed by atoms with van der Waals surface area (Å²) in [5.74, 6) is 0.788. The number of carbonyl (C=O) groups is 1. The molecule has 1 aromatic heterocycles. The molecule has 7 nitrogen and oxygen atoms in total. The van der Waals surface area contributed by atoms with E-state index in [1.165, 1.54) is 11.3 Å². The van der Waals surface area contributed by atoms with Crippen molar-refractivity contribution in [3.8, 4) is 11.5 Å². The van der Waals surface area contributed by atoms with Crippen LogP contribution >= 0.6 is 22.9 Å². The summed E-state index contributed by atoms with van der Waals surface area (Å²) < 4.78 is 18.6. The predicted octanol–water partition coefficient (Wildman–Crippen LogP) is 4.63. The minimum atomic E-state index is -0.757. The molecule has 196 valence electrons. The molecule has 2 aliphatic heterocycles. The fourth-order valence-electron chi connectivity index (χ4n) is 4.76. The first kappa shape index (κ1) is 25.2. The molecule has 1 unspecified atom stereocenters. The Balaban J connectivity index is 1.63. The summed E-state index contributed by atoms with van der Waals surface area (Å²) in [6.45, 7) is 4.06. The van der Waals surface area contributed by atoms with Crippen molar-refractivity contribution in [1.82, 2.24) is 4.57 Å². The largest absolute Gasteiger partial charge is 0.463 e. The number of hydrogen-bond donors (Lipinski definition) is 0. The Kier molecular flexibility index (Phi) is 6.58. The van der Waals surface area contributed by atoms with Crippen LogP contribution in [0.1, 0.15) is 35.2 Å². The molecule has 0 N–H and O–H groups in total. The molecule has 0 amide bonds. The van der Waals surface area contributed by atoms with E-state index in [0.717, 1.165) is 22.3 Å². The standard InChI is InChI=1S/C30H23ClN2O5S/c1-3-36-29(35)25-26(18-7-5-4-6-8-18)32-30-33(27(25)19-9-11-21(31)12-10-19)28(34)24(39-30)15-20-14-23-22(13-17(20)2)37-16-38-23/h4-15,27H,3,16H2,1-2H3. The molecule has 0 aliphatic carbocycles. The van der Waals surface area contributed by atoms with E-state index in [9.17, 15) is 9.59 Å². The summed E-state index contributed by atoms with van der Waals surface area (Å²) in [6, 6.07) is 19.6. The Morgan fingerprint density at radius 2 is 1.85 bits per heavy atom. The van der Waals surface area contributed by atoms with E-state index in [1.54, 1.807) is 23.6 Å². The van der Waals surface area contributed by atoms with Gasteiger partial charge in [-0.3, -0.25) is 9.36 Å². The van der Waals surface area contributed by atoms with E-state index in [2.05, 4.69) is 0 Å². The highest BCUT2D eigenvalue weighted by molar-refractivity contribution is 7.07. The topological polar surface area (TPSA) is 79.1 Å². The Morgan fingerprint density at radius 3 is 2.56 bits per heavy atom. The van der Waals surface area contributed by atoms with Crippen LogP contribution in [0.5, 0.6) is 11.5 Å². The normalized spacial score (nSPS) is 16.2. The summed E-state index contributed by atoms with van der Waals surface area (Å²) in [5, 5.41) is 0.550. The van der Waals surface area contributed by atoms with Crippen molar-refractivity contribution in [2.24, 2.45) is 4.99 Å². The lowest BCUT2D eigenvalue weighted by atomic mass is 9.93. The van der Waals surface area contributed by atoms with Gasteiger partial charge in [-0.15, -0.1) is 0 Å². The van der Waals surface area contributed by atoms with Gasteiger partial charge >= 0.3 is 5.97 Å². The van der Waals surface area contributed by atoms with Gasteiger partial charge in [0.2, 0.25) is 6.79 Å². The molecule has 1 atom stereocenters. The third-order valence-corrected chi connectivity index (χ3v) is 7.84. The van der Waals surface area contributed by atoms with Crippen LogP contribution in [0.3, 0.4) is 0 Å². The first-order valence-electron chi connectivity index (χ1n) is 12.4. The smallest absolute Gasteiger partial charge is 0.338 e. The number of carbonyl (C=O) groups excluding carboxylic acids is 1. The molecule has 0 bridgehead atoms. The third kappa shape index (κ3) is 4.56. The van der Waals surface area contributed by atoms with E-state index >= 15 is 0 Å². The zero-order valence-electron chi connectivity index (χ0n) is 21.1. The van der Waals surface area contributed by atoms with Gasteiger partial charge in [-0.1, -0.05) is 65.4 Å². The minimum Gasteiger partial charge on any atom is -0.463 e. The van der Waals surface area contributed by atoms with Crippen molar-refractivity contribution in [3.63, 3.8) is 0 Å². The summed E-state index contributed by atoms with van der Waals surface area (Å²) in [7, 11) is 0. The summed E-state index contributed by atoms with van der Waals surface area (Å²) in [6.07, 6.45) is 1.83. The molecule has 6 rings (SSSR count). The predicted molar refractivity (Wildman–Crippen MR) is 150 cm³/mol. The lowest BCUT2D eigenvalue weighted by Crippen LogP contribution is -2.40. The molecule has 3 heterocycles. The quantitative estimate of drug-likeness (QED) is 0.334. The van der Waals surface area contributed by atoms with E-state index in [-0.39, 0.29) is 19.0 Å². The van der Waals surface area contributed by atoms with Gasteiger partial charge in [-0.2, -0.15) is 0 Å². The molecule has 2 aliphatic rings. The van der Waals surface area contributed by atoms with Gasteiger partial charge in [0.15, 0.2) is 16.3 Å². The molecular weight excluding hydrogens is 536 g/mol. The summed E-state index contributed by atoms with van der Waals surface area (Å²) in [5.41, 5.74) is 3.76. The van der Waals surface area contributed by atoms with Crippen molar-refractivity contribution in [3.05, 3.63) is 119 Å². The van der Waals surface area contributed by atoms with Crippen molar-refractivity contribution in [2.75, 3.05) is 13.4 Å². The monoisotopic (exact) mass is 558 g/mol. The van der Waals surface area contributed by atoms with Gasteiger partial charge in [0.05, 0.1) is 28.5 Å². The first-order valence-corrected chi connectivity index (χ1v) is 13.6. The number of rotatable bonds is 5. The Hall–Kier alpha value is -4.14. The number of nitrogens with zero attached hydrogens (tertiary/aromatic N) is 2. The highest BCUT2D eigenvalue weighted by atomic mass is 35.5. The molecular formula is C30H23ClN2O5S. The lowest BCUT2D eigenvalue weighted by Gasteiger charge is -2.25. The first-order chi connectivity index (χ1) is 18.9. The lowest BCUT2D eigenvalue weighted by molar-refractivity contribution is -0.138. The molecule has 39 heavy (non-hydrogen) atoms. The highest BCUT2D eigenvalue weighted by Crippen LogP contribution is 2.36. The SMILES string of the molecule is CCOC(=O)C1=C(c2ccccc2)N=c2sc(=Cc3cc4c(cc3C)OCO4)c(=O)n2C1c1ccc(Cl)cc1.